The van der Waals surface area contributed by atoms with E-state index < -0.39 is 0 Å². The number of hydrogen-bond donors (Lipinski definition) is 1. The van der Waals surface area contributed by atoms with Crippen molar-refractivity contribution >= 4 is 11.6 Å². The summed E-state index contributed by atoms with van der Waals surface area (Å²) in [5, 5.41) is 3.77. The van der Waals surface area contributed by atoms with Crippen LogP contribution in [0.4, 0.5) is 0 Å². The van der Waals surface area contributed by atoms with Crippen LogP contribution in [0.5, 0.6) is 0 Å². The van der Waals surface area contributed by atoms with E-state index in [1.165, 1.54) is 0 Å². The SMILES string of the molecule is C=C(Cl)COCCNC(C)C. The molecule has 0 unspecified atom stereocenters. The average molecular weight is 178 g/mol. The number of rotatable bonds is 6. The van der Waals surface area contributed by atoms with Gasteiger partial charge in [-0.3, -0.25) is 0 Å². The summed E-state index contributed by atoms with van der Waals surface area (Å²) in [4.78, 5) is 0. The fourth-order valence-corrected chi connectivity index (χ4v) is 0.680. The van der Waals surface area contributed by atoms with Gasteiger partial charge < -0.3 is 10.1 Å². The Hall–Kier alpha value is -0.0500. The van der Waals surface area contributed by atoms with E-state index in [-0.39, 0.29) is 0 Å². The van der Waals surface area contributed by atoms with Crippen LogP contribution in [0.2, 0.25) is 0 Å². The lowest BCUT2D eigenvalue weighted by Crippen LogP contribution is -2.26. The van der Waals surface area contributed by atoms with Gasteiger partial charge in [-0.25, -0.2) is 0 Å². The lowest BCUT2D eigenvalue weighted by atomic mass is 10.4. The third kappa shape index (κ3) is 9.95. The summed E-state index contributed by atoms with van der Waals surface area (Å²) < 4.78 is 5.15. The first-order valence-electron chi connectivity index (χ1n) is 3.77. The molecule has 0 radical (unpaired) electrons. The fourth-order valence-electron chi connectivity index (χ4n) is 0.603. The van der Waals surface area contributed by atoms with Gasteiger partial charge >= 0.3 is 0 Å². The third-order valence-corrected chi connectivity index (χ3v) is 1.17. The van der Waals surface area contributed by atoms with Crippen LogP contribution in [-0.4, -0.2) is 25.8 Å². The second kappa shape index (κ2) is 6.65. The molecule has 0 bridgehead atoms. The molecule has 3 heteroatoms. The van der Waals surface area contributed by atoms with Crippen molar-refractivity contribution in [3.8, 4) is 0 Å². The van der Waals surface area contributed by atoms with Gasteiger partial charge in [0, 0.05) is 17.6 Å². The predicted octanol–water partition coefficient (Wildman–Crippen LogP) is 1.75. The maximum Gasteiger partial charge on any atom is 0.0817 e. The summed E-state index contributed by atoms with van der Waals surface area (Å²) in [7, 11) is 0. The van der Waals surface area contributed by atoms with Crippen LogP contribution in [0.3, 0.4) is 0 Å². The first-order chi connectivity index (χ1) is 5.13. The van der Waals surface area contributed by atoms with Gasteiger partial charge in [-0.05, 0) is 0 Å². The number of nitrogens with one attached hydrogen (secondary N) is 1. The van der Waals surface area contributed by atoms with Crippen molar-refractivity contribution < 1.29 is 4.74 Å². The highest BCUT2D eigenvalue weighted by atomic mass is 35.5. The molecule has 11 heavy (non-hydrogen) atoms. The summed E-state index contributed by atoms with van der Waals surface area (Å²) in [6, 6.07) is 0.512. The molecule has 0 amide bonds. The lowest BCUT2D eigenvalue weighted by Gasteiger charge is -2.07. The summed E-state index contributed by atoms with van der Waals surface area (Å²) in [5.74, 6) is 0. The zero-order valence-corrected chi connectivity index (χ0v) is 7.95. The highest BCUT2D eigenvalue weighted by Crippen LogP contribution is 1.95. The standard InChI is InChI=1S/C8H16ClNO/c1-7(2)10-4-5-11-6-8(3)9/h7,10H,3-6H2,1-2H3. The van der Waals surface area contributed by atoms with E-state index in [4.69, 9.17) is 16.3 Å². The van der Waals surface area contributed by atoms with Gasteiger partial charge in [-0.1, -0.05) is 32.0 Å². The third-order valence-electron chi connectivity index (χ3n) is 1.06. The Morgan fingerprint density at radius 3 is 2.73 bits per heavy atom. The van der Waals surface area contributed by atoms with Gasteiger partial charge in [0.25, 0.3) is 0 Å². The Morgan fingerprint density at radius 2 is 2.27 bits per heavy atom. The fraction of sp³-hybridized carbons (Fsp3) is 0.750. The summed E-state index contributed by atoms with van der Waals surface area (Å²) >= 11 is 5.48. The van der Waals surface area contributed by atoms with E-state index in [1.54, 1.807) is 0 Å². The molecule has 0 fully saturated rings. The molecule has 2 nitrogen and oxygen atoms in total. The van der Waals surface area contributed by atoms with E-state index in [9.17, 15) is 0 Å². The van der Waals surface area contributed by atoms with Crippen LogP contribution in [0.15, 0.2) is 11.6 Å². The minimum absolute atomic E-state index is 0.446. The molecular weight excluding hydrogens is 162 g/mol. The van der Waals surface area contributed by atoms with Crippen molar-refractivity contribution in [3.05, 3.63) is 11.6 Å². The van der Waals surface area contributed by atoms with Crippen molar-refractivity contribution in [2.24, 2.45) is 0 Å². The zero-order valence-electron chi connectivity index (χ0n) is 7.19. The first-order valence-corrected chi connectivity index (χ1v) is 4.15. The molecule has 0 rings (SSSR count). The highest BCUT2D eigenvalue weighted by molar-refractivity contribution is 6.29. The van der Waals surface area contributed by atoms with Crippen molar-refractivity contribution in [1.82, 2.24) is 5.32 Å². The first kappa shape index (κ1) is 11.0. The lowest BCUT2D eigenvalue weighted by molar-refractivity contribution is 0.160. The van der Waals surface area contributed by atoms with E-state index in [0.29, 0.717) is 24.3 Å². The monoisotopic (exact) mass is 177 g/mol. The normalized spacial score (nSPS) is 10.5. The number of halogens is 1. The van der Waals surface area contributed by atoms with Crippen LogP contribution in [0.25, 0.3) is 0 Å². The van der Waals surface area contributed by atoms with Crippen LogP contribution >= 0.6 is 11.6 Å². The van der Waals surface area contributed by atoms with Crippen LogP contribution in [0, 0.1) is 0 Å². The molecule has 0 aromatic carbocycles. The smallest absolute Gasteiger partial charge is 0.0817 e. The Balaban J connectivity index is 2.97. The van der Waals surface area contributed by atoms with Crippen molar-refractivity contribution in [3.63, 3.8) is 0 Å². The highest BCUT2D eigenvalue weighted by Gasteiger charge is 1.92. The van der Waals surface area contributed by atoms with Crippen LogP contribution < -0.4 is 5.32 Å². The van der Waals surface area contributed by atoms with E-state index in [0.717, 1.165) is 6.54 Å². The topological polar surface area (TPSA) is 21.3 Å². The maximum atomic E-state index is 5.48. The Bertz CT molecular complexity index is 115. The molecule has 1 N–H and O–H groups in total. The van der Waals surface area contributed by atoms with Crippen LogP contribution in [0.1, 0.15) is 13.8 Å². The molecule has 0 spiro atoms. The molecule has 0 aliphatic heterocycles. The molecule has 0 aromatic heterocycles. The van der Waals surface area contributed by atoms with Gasteiger partial charge in [0.15, 0.2) is 0 Å². The molecule has 0 aliphatic rings. The second-order valence-corrected chi connectivity index (χ2v) is 3.21. The molecule has 0 saturated carbocycles. The van der Waals surface area contributed by atoms with E-state index in [1.807, 2.05) is 0 Å². The van der Waals surface area contributed by atoms with Crippen molar-refractivity contribution in [2.45, 2.75) is 19.9 Å². The molecule has 0 aliphatic carbocycles. The second-order valence-electron chi connectivity index (χ2n) is 2.68. The zero-order chi connectivity index (χ0) is 8.69. The summed E-state index contributed by atoms with van der Waals surface area (Å²) in [6.45, 7) is 9.70. The minimum Gasteiger partial charge on any atom is -0.375 e. The summed E-state index contributed by atoms with van der Waals surface area (Å²) in [5.41, 5.74) is 0. The van der Waals surface area contributed by atoms with Crippen molar-refractivity contribution in [2.75, 3.05) is 19.8 Å². The van der Waals surface area contributed by atoms with E-state index >= 15 is 0 Å². The van der Waals surface area contributed by atoms with Crippen molar-refractivity contribution in [1.29, 1.82) is 0 Å². The quantitative estimate of drug-likeness (QED) is 0.625. The molecule has 0 saturated heterocycles. The Kier molecular flexibility index (Phi) is 6.62. The number of ether oxygens (including phenoxy) is 1. The number of hydrogen-bond acceptors (Lipinski definition) is 2. The molecule has 66 valence electrons. The Morgan fingerprint density at radius 1 is 1.64 bits per heavy atom. The molecule has 0 heterocycles. The van der Waals surface area contributed by atoms with Gasteiger partial charge in [0.05, 0.1) is 13.2 Å². The Labute approximate surface area is 73.6 Å². The average Bonchev–Trinajstić information content (AvgIpc) is 1.85. The molecular formula is C8H16ClNO. The van der Waals surface area contributed by atoms with Gasteiger partial charge in [0.2, 0.25) is 0 Å². The minimum atomic E-state index is 0.446. The predicted molar refractivity (Wildman–Crippen MR) is 49.0 cm³/mol. The van der Waals surface area contributed by atoms with E-state index in [2.05, 4.69) is 25.7 Å². The van der Waals surface area contributed by atoms with Gasteiger partial charge in [0.1, 0.15) is 0 Å². The molecule has 0 atom stereocenters. The largest absolute Gasteiger partial charge is 0.375 e. The molecule has 0 aromatic rings. The maximum absolute atomic E-state index is 5.48. The summed E-state index contributed by atoms with van der Waals surface area (Å²) in [6.07, 6.45) is 0. The van der Waals surface area contributed by atoms with Crippen LogP contribution in [-0.2, 0) is 4.74 Å². The van der Waals surface area contributed by atoms with Gasteiger partial charge in [-0.15, -0.1) is 0 Å². The van der Waals surface area contributed by atoms with Gasteiger partial charge in [-0.2, -0.15) is 0 Å².